The van der Waals surface area contributed by atoms with Crippen LogP contribution in [0.2, 0.25) is 0 Å². The van der Waals surface area contributed by atoms with Gasteiger partial charge in [-0.1, -0.05) is 19.1 Å². The molecule has 0 heterocycles. The molecular formula is C13H21NO2. The highest BCUT2D eigenvalue weighted by molar-refractivity contribution is 5.32. The molecule has 0 amide bonds. The van der Waals surface area contributed by atoms with Gasteiger partial charge in [-0.15, -0.1) is 0 Å². The van der Waals surface area contributed by atoms with Gasteiger partial charge in [-0.3, -0.25) is 0 Å². The zero-order valence-electron chi connectivity index (χ0n) is 10.3. The monoisotopic (exact) mass is 223 g/mol. The van der Waals surface area contributed by atoms with Gasteiger partial charge in [-0.05, 0) is 37.6 Å². The maximum Gasteiger partial charge on any atom is 0.119 e. The van der Waals surface area contributed by atoms with E-state index in [-0.39, 0.29) is 0 Å². The van der Waals surface area contributed by atoms with Gasteiger partial charge >= 0.3 is 0 Å². The predicted molar refractivity (Wildman–Crippen MR) is 65.7 cm³/mol. The van der Waals surface area contributed by atoms with Gasteiger partial charge in [0.1, 0.15) is 5.75 Å². The van der Waals surface area contributed by atoms with Crippen molar-refractivity contribution in [3.8, 4) is 5.75 Å². The molecule has 3 heteroatoms. The normalized spacial score (nSPS) is 14.5. The Morgan fingerprint density at radius 2 is 2.19 bits per heavy atom. The van der Waals surface area contributed by atoms with Crippen LogP contribution in [0, 0.1) is 0 Å². The highest BCUT2D eigenvalue weighted by atomic mass is 16.5. The van der Waals surface area contributed by atoms with Crippen molar-refractivity contribution in [3.63, 3.8) is 0 Å². The molecule has 1 rings (SSSR count). The third-order valence-electron chi connectivity index (χ3n) is 2.59. The molecule has 0 aliphatic carbocycles. The molecule has 3 nitrogen and oxygen atoms in total. The van der Waals surface area contributed by atoms with E-state index in [0.29, 0.717) is 6.54 Å². The van der Waals surface area contributed by atoms with Crippen LogP contribution >= 0.6 is 0 Å². The van der Waals surface area contributed by atoms with Gasteiger partial charge in [0.15, 0.2) is 0 Å². The summed E-state index contributed by atoms with van der Waals surface area (Å²) in [6.45, 7) is 5.38. The van der Waals surface area contributed by atoms with Crippen LogP contribution in [0.1, 0.15) is 25.8 Å². The molecular weight excluding hydrogens is 202 g/mol. The van der Waals surface area contributed by atoms with E-state index in [9.17, 15) is 5.11 Å². The SMILES string of the molecule is CCCNCC(C)(O)c1cccc(OC)c1. The van der Waals surface area contributed by atoms with E-state index in [1.54, 1.807) is 7.11 Å². The Morgan fingerprint density at radius 3 is 2.81 bits per heavy atom. The van der Waals surface area contributed by atoms with E-state index in [2.05, 4.69) is 12.2 Å². The lowest BCUT2D eigenvalue weighted by Gasteiger charge is -2.24. The molecule has 1 aromatic carbocycles. The average Bonchev–Trinajstić information content (AvgIpc) is 2.29. The van der Waals surface area contributed by atoms with Gasteiger partial charge in [0.2, 0.25) is 0 Å². The lowest BCUT2D eigenvalue weighted by molar-refractivity contribution is 0.0570. The van der Waals surface area contributed by atoms with Crippen LogP contribution < -0.4 is 10.1 Å². The first-order valence-electron chi connectivity index (χ1n) is 5.68. The second-order valence-corrected chi connectivity index (χ2v) is 4.18. The van der Waals surface area contributed by atoms with Crippen molar-refractivity contribution in [3.05, 3.63) is 29.8 Å². The number of hydrogen-bond donors (Lipinski definition) is 2. The number of ether oxygens (including phenoxy) is 1. The highest BCUT2D eigenvalue weighted by Crippen LogP contribution is 2.23. The minimum absolute atomic E-state index is 0.550. The summed E-state index contributed by atoms with van der Waals surface area (Å²) in [4.78, 5) is 0. The van der Waals surface area contributed by atoms with Gasteiger partial charge < -0.3 is 15.2 Å². The number of hydrogen-bond acceptors (Lipinski definition) is 3. The van der Waals surface area contributed by atoms with Crippen LogP contribution in [0.15, 0.2) is 24.3 Å². The van der Waals surface area contributed by atoms with Crippen molar-refractivity contribution in [2.45, 2.75) is 25.9 Å². The summed E-state index contributed by atoms with van der Waals surface area (Å²) in [5.41, 5.74) is 0.0134. The molecule has 0 aliphatic rings. The minimum Gasteiger partial charge on any atom is -0.497 e. The second kappa shape index (κ2) is 5.87. The van der Waals surface area contributed by atoms with Crippen LogP contribution in [0.3, 0.4) is 0 Å². The smallest absolute Gasteiger partial charge is 0.119 e. The van der Waals surface area contributed by atoms with Gasteiger partial charge in [0.25, 0.3) is 0 Å². The molecule has 1 atom stereocenters. The first kappa shape index (κ1) is 13.0. The lowest BCUT2D eigenvalue weighted by atomic mass is 9.96. The van der Waals surface area contributed by atoms with E-state index < -0.39 is 5.60 Å². The molecule has 1 aromatic rings. The molecule has 0 spiro atoms. The summed E-state index contributed by atoms with van der Waals surface area (Å²) in [7, 11) is 1.63. The first-order valence-corrected chi connectivity index (χ1v) is 5.68. The van der Waals surface area contributed by atoms with E-state index in [0.717, 1.165) is 24.3 Å². The third kappa shape index (κ3) is 3.51. The fourth-order valence-electron chi connectivity index (χ4n) is 1.57. The van der Waals surface area contributed by atoms with Gasteiger partial charge in [0.05, 0.1) is 12.7 Å². The average molecular weight is 223 g/mol. The number of benzene rings is 1. The Hall–Kier alpha value is -1.06. The summed E-state index contributed by atoms with van der Waals surface area (Å²) in [5.74, 6) is 0.772. The molecule has 0 bridgehead atoms. The lowest BCUT2D eigenvalue weighted by Crippen LogP contribution is -2.35. The largest absolute Gasteiger partial charge is 0.497 e. The first-order chi connectivity index (χ1) is 7.60. The Bertz CT molecular complexity index is 323. The standard InChI is InChI=1S/C13H21NO2/c1-4-8-14-10-13(2,15)11-6-5-7-12(9-11)16-3/h5-7,9,14-15H,4,8,10H2,1-3H3. The molecule has 2 N–H and O–H groups in total. The predicted octanol–water partition coefficient (Wildman–Crippen LogP) is 1.90. The summed E-state index contributed by atoms with van der Waals surface area (Å²) in [6, 6.07) is 7.55. The molecule has 0 saturated carbocycles. The van der Waals surface area contributed by atoms with E-state index >= 15 is 0 Å². The number of nitrogens with one attached hydrogen (secondary N) is 1. The van der Waals surface area contributed by atoms with E-state index in [1.165, 1.54) is 0 Å². The highest BCUT2D eigenvalue weighted by Gasteiger charge is 2.22. The zero-order chi connectivity index (χ0) is 12.0. The second-order valence-electron chi connectivity index (χ2n) is 4.18. The van der Waals surface area contributed by atoms with Crippen LogP contribution in [0.25, 0.3) is 0 Å². The quantitative estimate of drug-likeness (QED) is 0.724. The van der Waals surface area contributed by atoms with Crippen molar-refractivity contribution in [1.29, 1.82) is 0 Å². The maximum atomic E-state index is 10.3. The van der Waals surface area contributed by atoms with Crippen LogP contribution in [-0.2, 0) is 5.60 Å². The summed E-state index contributed by atoms with van der Waals surface area (Å²) < 4.78 is 5.14. The van der Waals surface area contributed by atoms with Crippen molar-refractivity contribution < 1.29 is 9.84 Å². The van der Waals surface area contributed by atoms with Crippen molar-refractivity contribution in [1.82, 2.24) is 5.32 Å². The number of rotatable bonds is 6. The summed E-state index contributed by atoms with van der Waals surface area (Å²) in [5, 5.41) is 13.5. The number of methoxy groups -OCH3 is 1. The molecule has 0 aliphatic heterocycles. The third-order valence-corrected chi connectivity index (χ3v) is 2.59. The van der Waals surface area contributed by atoms with Crippen LogP contribution in [-0.4, -0.2) is 25.3 Å². The Morgan fingerprint density at radius 1 is 1.44 bits per heavy atom. The van der Waals surface area contributed by atoms with Gasteiger partial charge in [-0.25, -0.2) is 0 Å². The minimum atomic E-state index is -0.857. The Balaban J connectivity index is 2.72. The van der Waals surface area contributed by atoms with Crippen molar-refractivity contribution in [2.75, 3.05) is 20.2 Å². The zero-order valence-corrected chi connectivity index (χ0v) is 10.3. The fourth-order valence-corrected chi connectivity index (χ4v) is 1.57. The fraction of sp³-hybridized carbons (Fsp3) is 0.538. The summed E-state index contributed by atoms with van der Waals surface area (Å²) >= 11 is 0. The maximum absolute atomic E-state index is 10.3. The van der Waals surface area contributed by atoms with E-state index in [1.807, 2.05) is 31.2 Å². The molecule has 90 valence electrons. The van der Waals surface area contributed by atoms with Crippen LogP contribution in [0.4, 0.5) is 0 Å². The molecule has 0 radical (unpaired) electrons. The van der Waals surface area contributed by atoms with Gasteiger partial charge in [0, 0.05) is 6.54 Å². The van der Waals surface area contributed by atoms with E-state index in [4.69, 9.17) is 4.74 Å². The van der Waals surface area contributed by atoms with Crippen LogP contribution in [0.5, 0.6) is 5.75 Å². The molecule has 1 unspecified atom stereocenters. The van der Waals surface area contributed by atoms with Crippen molar-refractivity contribution in [2.24, 2.45) is 0 Å². The van der Waals surface area contributed by atoms with Crippen molar-refractivity contribution >= 4 is 0 Å². The molecule has 0 fully saturated rings. The Labute approximate surface area is 97.4 Å². The number of aliphatic hydroxyl groups is 1. The van der Waals surface area contributed by atoms with Gasteiger partial charge in [-0.2, -0.15) is 0 Å². The molecule has 0 aromatic heterocycles. The summed E-state index contributed by atoms with van der Waals surface area (Å²) in [6.07, 6.45) is 1.06. The Kier molecular flexibility index (Phi) is 4.77. The molecule has 16 heavy (non-hydrogen) atoms. The topological polar surface area (TPSA) is 41.5 Å². The molecule has 0 saturated heterocycles.